The Balaban J connectivity index is 1.79. The van der Waals surface area contributed by atoms with E-state index in [-0.39, 0.29) is 13.2 Å². The lowest BCUT2D eigenvalue weighted by Gasteiger charge is -2.14. The minimum absolute atomic E-state index is 0.109. The molecule has 21 heavy (non-hydrogen) atoms. The molecule has 5 heteroatoms. The summed E-state index contributed by atoms with van der Waals surface area (Å²) in [6.07, 6.45) is -0.750. The number of hydrogen-bond donors (Lipinski definition) is 2. The summed E-state index contributed by atoms with van der Waals surface area (Å²) in [4.78, 5) is 0. The zero-order valence-electron chi connectivity index (χ0n) is 11.8. The van der Waals surface area contributed by atoms with Crippen LogP contribution in [0.25, 0.3) is 0 Å². The van der Waals surface area contributed by atoms with Gasteiger partial charge in [0, 0.05) is 5.69 Å². The van der Waals surface area contributed by atoms with Crippen LogP contribution in [0, 0.1) is 6.92 Å². The van der Waals surface area contributed by atoms with Gasteiger partial charge in [-0.25, -0.2) is 0 Å². The van der Waals surface area contributed by atoms with Gasteiger partial charge < -0.3 is 20.3 Å². The molecule has 0 radical (unpaired) electrons. The fourth-order valence-electron chi connectivity index (χ4n) is 1.71. The molecule has 1 unspecified atom stereocenters. The van der Waals surface area contributed by atoms with Crippen molar-refractivity contribution in [2.45, 2.75) is 13.0 Å². The van der Waals surface area contributed by atoms with Crippen LogP contribution in [0.4, 0.5) is 5.69 Å². The normalized spacial score (nSPS) is 12.0. The minimum atomic E-state index is -0.750. The largest absolute Gasteiger partial charge is 0.491 e. The molecule has 2 aromatic carbocycles. The van der Waals surface area contributed by atoms with Gasteiger partial charge in [0.1, 0.15) is 30.8 Å². The van der Waals surface area contributed by atoms with Crippen molar-refractivity contribution in [2.75, 3.05) is 18.9 Å². The second-order valence-electron chi connectivity index (χ2n) is 4.78. The minimum Gasteiger partial charge on any atom is -0.491 e. The van der Waals surface area contributed by atoms with Crippen molar-refractivity contribution in [3.63, 3.8) is 0 Å². The third kappa shape index (κ3) is 4.85. The van der Waals surface area contributed by atoms with E-state index in [1.54, 1.807) is 30.3 Å². The lowest BCUT2D eigenvalue weighted by Crippen LogP contribution is -2.25. The van der Waals surface area contributed by atoms with Crippen LogP contribution >= 0.6 is 11.6 Å². The molecule has 2 aromatic rings. The van der Waals surface area contributed by atoms with E-state index in [1.807, 2.05) is 19.1 Å². The van der Waals surface area contributed by atoms with Crippen LogP contribution in [0.15, 0.2) is 42.5 Å². The number of ether oxygens (including phenoxy) is 2. The Morgan fingerprint density at radius 3 is 2.43 bits per heavy atom. The third-order valence-electron chi connectivity index (χ3n) is 2.84. The first-order valence-corrected chi connectivity index (χ1v) is 6.98. The SMILES string of the molecule is Cc1ccc(OCC(O)COc2ccc(N)cc2)c(Cl)c1. The maximum absolute atomic E-state index is 9.85. The summed E-state index contributed by atoms with van der Waals surface area (Å²) < 4.78 is 10.9. The summed E-state index contributed by atoms with van der Waals surface area (Å²) in [6, 6.07) is 12.5. The predicted octanol–water partition coefficient (Wildman–Crippen LogP) is 3.05. The third-order valence-corrected chi connectivity index (χ3v) is 3.14. The lowest BCUT2D eigenvalue weighted by atomic mass is 10.2. The summed E-state index contributed by atoms with van der Waals surface area (Å²) in [6.45, 7) is 2.19. The predicted molar refractivity (Wildman–Crippen MR) is 84.0 cm³/mol. The van der Waals surface area contributed by atoms with Crippen LogP contribution in [0.1, 0.15) is 5.56 Å². The van der Waals surface area contributed by atoms with Gasteiger partial charge in [-0.15, -0.1) is 0 Å². The fourth-order valence-corrected chi connectivity index (χ4v) is 2.00. The molecular formula is C16H18ClNO3. The molecule has 0 bridgehead atoms. The van der Waals surface area contributed by atoms with E-state index in [0.717, 1.165) is 5.56 Å². The van der Waals surface area contributed by atoms with Crippen molar-refractivity contribution in [1.82, 2.24) is 0 Å². The van der Waals surface area contributed by atoms with E-state index in [9.17, 15) is 5.11 Å². The van der Waals surface area contributed by atoms with E-state index in [1.165, 1.54) is 0 Å². The quantitative estimate of drug-likeness (QED) is 0.805. The van der Waals surface area contributed by atoms with Crippen molar-refractivity contribution in [2.24, 2.45) is 0 Å². The Bertz CT molecular complexity index is 587. The van der Waals surface area contributed by atoms with E-state index < -0.39 is 6.10 Å². The van der Waals surface area contributed by atoms with Crippen molar-refractivity contribution in [3.05, 3.63) is 53.1 Å². The van der Waals surface area contributed by atoms with Gasteiger partial charge >= 0.3 is 0 Å². The first-order valence-electron chi connectivity index (χ1n) is 6.60. The number of anilines is 1. The van der Waals surface area contributed by atoms with Gasteiger partial charge in [-0.2, -0.15) is 0 Å². The number of nitrogens with two attached hydrogens (primary N) is 1. The van der Waals surface area contributed by atoms with Crippen molar-refractivity contribution < 1.29 is 14.6 Å². The Kier molecular flexibility index (Phi) is 5.31. The number of aliphatic hydroxyl groups excluding tert-OH is 1. The molecule has 3 N–H and O–H groups in total. The van der Waals surface area contributed by atoms with Gasteiger partial charge in [-0.1, -0.05) is 17.7 Å². The van der Waals surface area contributed by atoms with E-state index >= 15 is 0 Å². The van der Waals surface area contributed by atoms with Crippen LogP contribution in [-0.4, -0.2) is 24.4 Å². The first-order chi connectivity index (χ1) is 10.0. The smallest absolute Gasteiger partial charge is 0.138 e. The molecule has 2 rings (SSSR count). The molecule has 0 aliphatic heterocycles. The zero-order chi connectivity index (χ0) is 15.2. The number of aliphatic hydroxyl groups is 1. The van der Waals surface area contributed by atoms with Gasteiger partial charge in [0.05, 0.1) is 5.02 Å². The molecule has 0 saturated heterocycles. The molecule has 0 heterocycles. The van der Waals surface area contributed by atoms with Crippen molar-refractivity contribution >= 4 is 17.3 Å². The molecule has 0 amide bonds. The Hall–Kier alpha value is -1.91. The number of halogens is 1. The monoisotopic (exact) mass is 307 g/mol. The maximum atomic E-state index is 9.85. The highest BCUT2D eigenvalue weighted by molar-refractivity contribution is 6.32. The Labute approximate surface area is 129 Å². The average molecular weight is 308 g/mol. The van der Waals surface area contributed by atoms with Gasteiger partial charge in [0.25, 0.3) is 0 Å². The molecule has 0 fully saturated rings. The average Bonchev–Trinajstić information content (AvgIpc) is 2.46. The van der Waals surface area contributed by atoms with E-state index in [4.69, 9.17) is 26.8 Å². The Morgan fingerprint density at radius 2 is 1.76 bits per heavy atom. The van der Waals surface area contributed by atoms with Crippen molar-refractivity contribution in [1.29, 1.82) is 0 Å². The van der Waals surface area contributed by atoms with Gasteiger partial charge in [-0.05, 0) is 48.9 Å². The summed E-state index contributed by atoms with van der Waals surface area (Å²) in [5, 5.41) is 10.4. The fraction of sp³-hybridized carbons (Fsp3) is 0.250. The number of nitrogen functional groups attached to an aromatic ring is 1. The van der Waals surface area contributed by atoms with Gasteiger partial charge in [-0.3, -0.25) is 0 Å². The first kappa shape index (κ1) is 15.5. The van der Waals surface area contributed by atoms with Crippen LogP contribution in [0.3, 0.4) is 0 Å². The van der Waals surface area contributed by atoms with Crippen LogP contribution in [0.2, 0.25) is 5.02 Å². The number of hydrogen-bond acceptors (Lipinski definition) is 4. The highest BCUT2D eigenvalue weighted by Gasteiger charge is 2.08. The Morgan fingerprint density at radius 1 is 1.10 bits per heavy atom. The molecule has 1 atom stereocenters. The topological polar surface area (TPSA) is 64.7 Å². The van der Waals surface area contributed by atoms with Gasteiger partial charge in [0.2, 0.25) is 0 Å². The second kappa shape index (κ2) is 7.20. The van der Waals surface area contributed by atoms with Crippen molar-refractivity contribution in [3.8, 4) is 11.5 Å². The molecule has 0 aromatic heterocycles. The van der Waals surface area contributed by atoms with Crippen LogP contribution in [-0.2, 0) is 0 Å². The molecule has 0 aliphatic carbocycles. The molecule has 0 spiro atoms. The second-order valence-corrected chi connectivity index (χ2v) is 5.19. The number of benzene rings is 2. The molecule has 4 nitrogen and oxygen atoms in total. The summed E-state index contributed by atoms with van der Waals surface area (Å²) >= 11 is 6.05. The molecular weight excluding hydrogens is 290 g/mol. The van der Waals surface area contributed by atoms with Crippen LogP contribution in [0.5, 0.6) is 11.5 Å². The molecule has 0 aliphatic rings. The van der Waals surface area contributed by atoms with Crippen LogP contribution < -0.4 is 15.2 Å². The number of aryl methyl sites for hydroxylation is 1. The highest BCUT2D eigenvalue weighted by atomic mass is 35.5. The summed E-state index contributed by atoms with van der Waals surface area (Å²) in [7, 11) is 0. The molecule has 112 valence electrons. The summed E-state index contributed by atoms with van der Waals surface area (Å²) in [5.74, 6) is 1.20. The standard InChI is InChI=1S/C16H18ClNO3/c1-11-2-7-16(15(17)8-11)21-10-13(19)9-20-14-5-3-12(18)4-6-14/h2-8,13,19H,9-10,18H2,1H3. The lowest BCUT2D eigenvalue weighted by molar-refractivity contribution is 0.0627. The summed E-state index contributed by atoms with van der Waals surface area (Å²) in [5.41, 5.74) is 7.30. The zero-order valence-corrected chi connectivity index (χ0v) is 12.5. The van der Waals surface area contributed by atoms with E-state index in [2.05, 4.69) is 0 Å². The van der Waals surface area contributed by atoms with E-state index in [0.29, 0.717) is 22.2 Å². The molecule has 0 saturated carbocycles. The highest BCUT2D eigenvalue weighted by Crippen LogP contribution is 2.25. The number of rotatable bonds is 6. The van der Waals surface area contributed by atoms with Gasteiger partial charge in [0.15, 0.2) is 0 Å². The maximum Gasteiger partial charge on any atom is 0.138 e.